The molecule has 0 fully saturated rings. The summed E-state index contributed by atoms with van der Waals surface area (Å²) < 4.78 is 39.2. The van der Waals surface area contributed by atoms with Crippen LogP contribution in [0.5, 0.6) is 12.0 Å². The number of sulfonamides is 1. The van der Waals surface area contributed by atoms with Crippen LogP contribution in [0.4, 0.5) is 0 Å². The lowest BCUT2D eigenvalue weighted by Crippen LogP contribution is -2.25. The summed E-state index contributed by atoms with van der Waals surface area (Å²) in [6.45, 7) is 5.72. The van der Waals surface area contributed by atoms with Crippen LogP contribution in [-0.4, -0.2) is 47.4 Å². The summed E-state index contributed by atoms with van der Waals surface area (Å²) in [4.78, 5) is 12.0. The quantitative estimate of drug-likeness (QED) is 0.747. The first-order valence-electron chi connectivity index (χ1n) is 7.19. The van der Waals surface area contributed by atoms with E-state index in [0.717, 1.165) is 0 Å². The molecule has 0 spiro atoms. The summed E-state index contributed by atoms with van der Waals surface area (Å²) in [5, 5.41) is 4.22. The highest BCUT2D eigenvalue weighted by atomic mass is 32.2. The van der Waals surface area contributed by atoms with Gasteiger partial charge < -0.3 is 9.47 Å². The Morgan fingerprint density at radius 2 is 1.67 bits per heavy atom. The molecule has 2 aromatic rings. The van der Waals surface area contributed by atoms with Crippen LogP contribution in [0.25, 0.3) is 0 Å². The number of rotatable bonds is 7. The first-order valence-corrected chi connectivity index (χ1v) is 8.67. The number of hydrogen-bond donors (Lipinski definition) is 1. The van der Waals surface area contributed by atoms with E-state index >= 15 is 0 Å². The predicted octanol–water partition coefficient (Wildman–Crippen LogP) is 0.201. The van der Waals surface area contributed by atoms with Gasteiger partial charge in [-0.05, 0) is 20.8 Å². The molecule has 2 heterocycles. The minimum absolute atomic E-state index is 0.0437. The third kappa shape index (κ3) is 3.62. The monoisotopic (exact) mass is 356 g/mol. The average Bonchev–Trinajstić information content (AvgIpc) is 2.87. The van der Waals surface area contributed by atoms with E-state index in [1.807, 2.05) is 6.92 Å². The Morgan fingerprint density at radius 1 is 1.08 bits per heavy atom. The maximum Gasteiger partial charge on any atom is 0.322 e. The molecule has 2 aromatic heterocycles. The molecule has 0 aliphatic rings. The fraction of sp³-hybridized carbons (Fsp3) is 0.538. The first kappa shape index (κ1) is 18.1. The van der Waals surface area contributed by atoms with Crippen molar-refractivity contribution in [1.82, 2.24) is 29.5 Å². The number of methoxy groups -OCH3 is 2. The van der Waals surface area contributed by atoms with Gasteiger partial charge in [0, 0.05) is 6.54 Å². The predicted molar refractivity (Wildman–Crippen MR) is 84.3 cm³/mol. The van der Waals surface area contributed by atoms with E-state index in [1.54, 1.807) is 18.5 Å². The van der Waals surface area contributed by atoms with Crippen molar-refractivity contribution in [1.29, 1.82) is 0 Å². The maximum atomic E-state index is 12.6. The Labute approximate surface area is 140 Å². The van der Waals surface area contributed by atoms with Crippen LogP contribution in [0.3, 0.4) is 0 Å². The van der Waals surface area contributed by atoms with Crippen LogP contribution in [0.1, 0.15) is 24.1 Å². The van der Waals surface area contributed by atoms with Gasteiger partial charge >= 0.3 is 12.0 Å². The zero-order chi connectivity index (χ0) is 17.9. The summed E-state index contributed by atoms with van der Waals surface area (Å²) in [5.41, 5.74) is 1.01. The molecule has 0 radical (unpaired) electrons. The first-order chi connectivity index (χ1) is 11.3. The van der Waals surface area contributed by atoms with E-state index in [2.05, 4.69) is 24.8 Å². The molecule has 2 rings (SSSR count). The molecule has 0 unspecified atom stereocenters. The smallest absolute Gasteiger partial charge is 0.322 e. The lowest BCUT2D eigenvalue weighted by atomic mass is 10.4. The Balaban J connectivity index is 2.27. The molecule has 0 amide bonds. The van der Waals surface area contributed by atoms with E-state index < -0.39 is 10.0 Å². The van der Waals surface area contributed by atoms with Gasteiger partial charge in [0.2, 0.25) is 10.0 Å². The summed E-state index contributed by atoms with van der Waals surface area (Å²) in [6, 6.07) is 0.0874. The largest absolute Gasteiger partial charge is 0.467 e. The molecule has 0 saturated heterocycles. The molecule has 0 aromatic carbocycles. The highest BCUT2D eigenvalue weighted by Gasteiger charge is 2.24. The van der Waals surface area contributed by atoms with Crippen LogP contribution in [0.15, 0.2) is 4.90 Å². The number of hydrogen-bond acceptors (Lipinski definition) is 8. The van der Waals surface area contributed by atoms with Gasteiger partial charge in [0.05, 0.1) is 32.2 Å². The molecular weight excluding hydrogens is 336 g/mol. The SMILES string of the molecule is CCn1nc(C)c(S(=O)(=O)NCc2nc(OC)nc(OC)n2)c1C. The molecule has 11 heteroatoms. The molecule has 0 aliphatic carbocycles. The fourth-order valence-electron chi connectivity index (χ4n) is 2.25. The van der Waals surface area contributed by atoms with Crippen molar-refractivity contribution in [2.75, 3.05) is 14.2 Å². The van der Waals surface area contributed by atoms with Crippen LogP contribution < -0.4 is 14.2 Å². The van der Waals surface area contributed by atoms with E-state index in [-0.39, 0.29) is 29.3 Å². The average molecular weight is 356 g/mol. The molecular formula is C13H20N6O4S. The fourth-order valence-corrected chi connectivity index (χ4v) is 3.64. The van der Waals surface area contributed by atoms with Gasteiger partial charge in [-0.2, -0.15) is 15.1 Å². The number of nitrogens with zero attached hydrogens (tertiary/aromatic N) is 5. The molecule has 10 nitrogen and oxygen atoms in total. The Morgan fingerprint density at radius 3 is 2.12 bits per heavy atom. The lowest BCUT2D eigenvalue weighted by Gasteiger charge is -2.08. The van der Waals surface area contributed by atoms with Gasteiger partial charge in [-0.25, -0.2) is 13.1 Å². The zero-order valence-electron chi connectivity index (χ0n) is 14.2. The van der Waals surface area contributed by atoms with Crippen molar-refractivity contribution in [3.8, 4) is 12.0 Å². The number of ether oxygens (including phenoxy) is 2. The topological polar surface area (TPSA) is 121 Å². The third-order valence-corrected chi connectivity index (χ3v) is 4.96. The van der Waals surface area contributed by atoms with Crippen LogP contribution in [0.2, 0.25) is 0 Å². The van der Waals surface area contributed by atoms with Crippen LogP contribution in [-0.2, 0) is 23.1 Å². The second kappa shape index (κ2) is 7.09. The third-order valence-electron chi connectivity index (χ3n) is 3.31. The minimum Gasteiger partial charge on any atom is -0.467 e. The van der Waals surface area contributed by atoms with Crippen molar-refractivity contribution >= 4 is 10.0 Å². The van der Waals surface area contributed by atoms with Crippen molar-refractivity contribution in [3.63, 3.8) is 0 Å². The van der Waals surface area contributed by atoms with Crippen LogP contribution in [0, 0.1) is 13.8 Å². The standard InChI is InChI=1S/C13H20N6O4S/c1-6-19-9(3)11(8(2)18-19)24(20,21)14-7-10-15-12(22-4)17-13(16-10)23-5/h14H,6-7H2,1-5H3. The van der Waals surface area contributed by atoms with Crippen molar-refractivity contribution in [2.45, 2.75) is 38.8 Å². The van der Waals surface area contributed by atoms with E-state index in [1.165, 1.54) is 14.2 Å². The van der Waals surface area contributed by atoms with Gasteiger partial charge in [0.1, 0.15) is 4.90 Å². The van der Waals surface area contributed by atoms with Gasteiger partial charge in [-0.15, -0.1) is 4.98 Å². The summed E-state index contributed by atoms with van der Waals surface area (Å²) in [5.74, 6) is 0.181. The summed E-state index contributed by atoms with van der Waals surface area (Å²) in [6.07, 6.45) is 0. The molecule has 0 saturated carbocycles. The molecule has 0 aliphatic heterocycles. The second-order valence-electron chi connectivity index (χ2n) is 4.87. The van der Waals surface area contributed by atoms with Gasteiger partial charge in [-0.3, -0.25) is 4.68 Å². The Bertz CT molecular complexity index is 811. The Hall–Kier alpha value is -2.27. The minimum atomic E-state index is -3.76. The van der Waals surface area contributed by atoms with E-state index in [9.17, 15) is 8.42 Å². The van der Waals surface area contributed by atoms with E-state index in [4.69, 9.17) is 9.47 Å². The van der Waals surface area contributed by atoms with Gasteiger partial charge in [0.25, 0.3) is 0 Å². The number of nitrogens with one attached hydrogen (secondary N) is 1. The number of aromatic nitrogens is 5. The molecule has 132 valence electrons. The van der Waals surface area contributed by atoms with Crippen molar-refractivity contribution in [2.24, 2.45) is 0 Å². The van der Waals surface area contributed by atoms with Crippen molar-refractivity contribution < 1.29 is 17.9 Å². The highest BCUT2D eigenvalue weighted by molar-refractivity contribution is 7.89. The van der Waals surface area contributed by atoms with Gasteiger partial charge in [0.15, 0.2) is 5.82 Å². The Kier molecular flexibility index (Phi) is 5.34. The normalized spacial score (nSPS) is 11.5. The molecule has 0 bridgehead atoms. The van der Waals surface area contributed by atoms with Gasteiger partial charge in [-0.1, -0.05) is 0 Å². The highest BCUT2D eigenvalue weighted by Crippen LogP contribution is 2.19. The van der Waals surface area contributed by atoms with Crippen molar-refractivity contribution in [3.05, 3.63) is 17.2 Å². The van der Waals surface area contributed by atoms with E-state index in [0.29, 0.717) is 17.9 Å². The summed E-state index contributed by atoms with van der Waals surface area (Å²) in [7, 11) is -0.969. The molecule has 24 heavy (non-hydrogen) atoms. The molecule has 1 N–H and O–H groups in total. The lowest BCUT2D eigenvalue weighted by molar-refractivity contribution is 0.336. The molecule has 0 atom stereocenters. The number of aryl methyl sites for hydroxylation is 2. The second-order valence-corrected chi connectivity index (χ2v) is 6.57. The maximum absolute atomic E-state index is 12.6. The zero-order valence-corrected chi connectivity index (χ0v) is 15.0. The summed E-state index contributed by atoms with van der Waals surface area (Å²) >= 11 is 0. The van der Waals surface area contributed by atoms with Crippen LogP contribution >= 0.6 is 0 Å².